The van der Waals surface area contributed by atoms with E-state index in [0.29, 0.717) is 0 Å². The zero-order chi connectivity index (χ0) is 14.9. The summed E-state index contributed by atoms with van der Waals surface area (Å²) in [5.41, 5.74) is -0.412. The molecule has 0 radical (unpaired) electrons. The van der Waals surface area contributed by atoms with Crippen LogP contribution in [0.1, 0.15) is 11.3 Å². The minimum atomic E-state index is -4.45. The Morgan fingerprint density at radius 2 is 2.05 bits per heavy atom. The van der Waals surface area contributed by atoms with E-state index in [-0.39, 0.29) is 28.5 Å². The molecule has 0 unspecified atom stereocenters. The van der Waals surface area contributed by atoms with Gasteiger partial charge in [0.15, 0.2) is 11.5 Å². The van der Waals surface area contributed by atoms with E-state index in [1.165, 1.54) is 18.2 Å². The van der Waals surface area contributed by atoms with Crippen LogP contribution in [0.2, 0.25) is 0 Å². The molecule has 2 rings (SSSR count). The standard InChI is InChI=1S/C14H12F3NO2/c1-3-10-12(19)11(13(18-2)20-10)8-5-4-6-9(7-8)14(15,16)17/h3-7,18-19H,1H2,2H3. The summed E-state index contributed by atoms with van der Waals surface area (Å²) in [6.07, 6.45) is -3.16. The Bertz CT molecular complexity index is 644. The van der Waals surface area contributed by atoms with Crippen LogP contribution in [0.4, 0.5) is 19.1 Å². The Morgan fingerprint density at radius 1 is 1.35 bits per heavy atom. The molecule has 0 amide bonds. The van der Waals surface area contributed by atoms with Crippen molar-refractivity contribution in [2.24, 2.45) is 0 Å². The molecule has 0 spiro atoms. The number of hydrogen-bond donors (Lipinski definition) is 2. The molecule has 106 valence electrons. The number of alkyl halides is 3. The molecule has 0 aliphatic rings. The molecular formula is C14H12F3NO2. The fourth-order valence-electron chi connectivity index (χ4n) is 1.87. The summed E-state index contributed by atoms with van der Waals surface area (Å²) < 4.78 is 43.4. The third-order valence-electron chi connectivity index (χ3n) is 2.80. The van der Waals surface area contributed by atoms with Gasteiger partial charge in [-0.05, 0) is 23.8 Å². The van der Waals surface area contributed by atoms with E-state index >= 15 is 0 Å². The molecule has 2 aromatic rings. The van der Waals surface area contributed by atoms with Crippen molar-refractivity contribution in [2.75, 3.05) is 12.4 Å². The molecule has 0 saturated carbocycles. The highest BCUT2D eigenvalue weighted by Gasteiger charge is 2.31. The van der Waals surface area contributed by atoms with Gasteiger partial charge in [-0.2, -0.15) is 13.2 Å². The Balaban J connectivity index is 2.62. The zero-order valence-electron chi connectivity index (χ0n) is 10.6. The molecule has 6 heteroatoms. The van der Waals surface area contributed by atoms with Gasteiger partial charge in [-0.25, -0.2) is 0 Å². The fourth-order valence-corrected chi connectivity index (χ4v) is 1.87. The van der Waals surface area contributed by atoms with Crippen LogP contribution in [0.5, 0.6) is 5.75 Å². The highest BCUT2D eigenvalue weighted by atomic mass is 19.4. The number of hydrogen-bond acceptors (Lipinski definition) is 3. The van der Waals surface area contributed by atoms with Gasteiger partial charge in [0, 0.05) is 7.05 Å². The van der Waals surface area contributed by atoms with Crippen LogP contribution < -0.4 is 5.32 Å². The van der Waals surface area contributed by atoms with E-state index in [1.807, 2.05) is 0 Å². The number of aromatic hydroxyl groups is 1. The maximum atomic E-state index is 12.7. The van der Waals surface area contributed by atoms with E-state index in [0.717, 1.165) is 12.1 Å². The second-order valence-electron chi connectivity index (χ2n) is 4.05. The maximum absolute atomic E-state index is 12.7. The van der Waals surface area contributed by atoms with Gasteiger partial charge in [0.2, 0.25) is 5.88 Å². The second-order valence-corrected chi connectivity index (χ2v) is 4.05. The third-order valence-corrected chi connectivity index (χ3v) is 2.80. The average molecular weight is 283 g/mol. The minimum absolute atomic E-state index is 0.0989. The predicted octanol–water partition coefficient (Wildman–Crippen LogP) is 4.36. The van der Waals surface area contributed by atoms with Crippen molar-refractivity contribution in [1.82, 2.24) is 0 Å². The van der Waals surface area contributed by atoms with Crippen LogP contribution in [0.3, 0.4) is 0 Å². The second kappa shape index (κ2) is 4.96. The summed E-state index contributed by atoms with van der Waals surface area (Å²) in [6.45, 7) is 3.47. The van der Waals surface area contributed by atoms with Crippen molar-refractivity contribution in [3.05, 3.63) is 42.2 Å². The molecule has 0 bridgehead atoms. The van der Waals surface area contributed by atoms with Crippen LogP contribution in [0.15, 0.2) is 35.3 Å². The lowest BCUT2D eigenvalue weighted by molar-refractivity contribution is -0.137. The van der Waals surface area contributed by atoms with Crippen molar-refractivity contribution in [3.8, 4) is 16.9 Å². The van der Waals surface area contributed by atoms with Crippen LogP contribution in [0.25, 0.3) is 17.2 Å². The molecule has 0 atom stereocenters. The van der Waals surface area contributed by atoms with Gasteiger partial charge in [0.05, 0.1) is 11.1 Å². The van der Waals surface area contributed by atoms with E-state index in [1.54, 1.807) is 7.05 Å². The first-order valence-corrected chi connectivity index (χ1v) is 5.72. The van der Waals surface area contributed by atoms with E-state index in [9.17, 15) is 18.3 Å². The van der Waals surface area contributed by atoms with E-state index in [2.05, 4.69) is 11.9 Å². The third kappa shape index (κ3) is 2.36. The average Bonchev–Trinajstić information content (AvgIpc) is 2.74. The van der Waals surface area contributed by atoms with Crippen LogP contribution in [0, 0.1) is 0 Å². The molecule has 20 heavy (non-hydrogen) atoms. The minimum Gasteiger partial charge on any atom is -0.504 e. The number of halogens is 3. The van der Waals surface area contributed by atoms with E-state index in [4.69, 9.17) is 4.42 Å². The molecule has 3 nitrogen and oxygen atoms in total. The monoisotopic (exact) mass is 283 g/mol. The van der Waals surface area contributed by atoms with Gasteiger partial charge in [-0.3, -0.25) is 0 Å². The van der Waals surface area contributed by atoms with E-state index < -0.39 is 11.7 Å². The number of anilines is 1. The van der Waals surface area contributed by atoms with Crippen molar-refractivity contribution < 1.29 is 22.7 Å². The molecule has 0 fully saturated rings. The quantitative estimate of drug-likeness (QED) is 0.880. The molecule has 1 heterocycles. The van der Waals surface area contributed by atoms with Crippen LogP contribution >= 0.6 is 0 Å². The first kappa shape index (κ1) is 14.0. The summed E-state index contributed by atoms with van der Waals surface area (Å²) >= 11 is 0. The van der Waals surface area contributed by atoms with Crippen molar-refractivity contribution >= 4 is 12.0 Å². The smallest absolute Gasteiger partial charge is 0.416 e. The van der Waals surface area contributed by atoms with Gasteiger partial charge in [0.25, 0.3) is 0 Å². The largest absolute Gasteiger partial charge is 0.504 e. The van der Waals surface area contributed by atoms with Crippen molar-refractivity contribution in [1.29, 1.82) is 0 Å². The van der Waals surface area contributed by atoms with Gasteiger partial charge < -0.3 is 14.8 Å². The molecule has 0 aliphatic carbocycles. The van der Waals surface area contributed by atoms with Crippen LogP contribution in [-0.4, -0.2) is 12.2 Å². The van der Waals surface area contributed by atoms with Gasteiger partial charge in [-0.1, -0.05) is 18.7 Å². The molecule has 0 saturated heterocycles. The van der Waals surface area contributed by atoms with Gasteiger partial charge >= 0.3 is 6.18 Å². The summed E-state index contributed by atoms with van der Waals surface area (Å²) in [7, 11) is 1.54. The Labute approximate surface area is 113 Å². The number of furan rings is 1. The summed E-state index contributed by atoms with van der Waals surface area (Å²) in [5, 5.41) is 12.7. The lowest BCUT2D eigenvalue weighted by atomic mass is 10.0. The highest BCUT2D eigenvalue weighted by molar-refractivity contribution is 5.83. The highest BCUT2D eigenvalue weighted by Crippen LogP contribution is 2.43. The molecular weight excluding hydrogens is 271 g/mol. The van der Waals surface area contributed by atoms with Crippen molar-refractivity contribution in [2.45, 2.75) is 6.18 Å². The number of nitrogens with one attached hydrogen (secondary N) is 1. The lowest BCUT2D eigenvalue weighted by Gasteiger charge is -2.09. The summed E-state index contributed by atoms with van der Waals surface area (Å²) in [6, 6.07) is 4.66. The maximum Gasteiger partial charge on any atom is 0.416 e. The Kier molecular flexibility index (Phi) is 3.48. The SMILES string of the molecule is C=Cc1oc(NC)c(-c2cccc(C(F)(F)F)c2)c1O. The first-order valence-electron chi connectivity index (χ1n) is 5.72. The molecule has 0 aliphatic heterocycles. The number of rotatable bonds is 3. The Morgan fingerprint density at radius 3 is 2.60 bits per heavy atom. The topological polar surface area (TPSA) is 45.4 Å². The molecule has 1 aromatic carbocycles. The summed E-state index contributed by atoms with van der Waals surface area (Å²) in [4.78, 5) is 0. The lowest BCUT2D eigenvalue weighted by Crippen LogP contribution is -2.04. The normalized spacial score (nSPS) is 11.4. The number of benzene rings is 1. The molecule has 2 N–H and O–H groups in total. The molecule has 1 aromatic heterocycles. The fraction of sp³-hybridized carbons (Fsp3) is 0.143. The zero-order valence-corrected chi connectivity index (χ0v) is 10.6. The first-order chi connectivity index (χ1) is 9.38. The predicted molar refractivity (Wildman–Crippen MR) is 70.4 cm³/mol. The van der Waals surface area contributed by atoms with Crippen LogP contribution in [-0.2, 0) is 6.18 Å². The summed E-state index contributed by atoms with van der Waals surface area (Å²) in [5.74, 6) is 0.0298. The van der Waals surface area contributed by atoms with Gasteiger partial charge in [-0.15, -0.1) is 0 Å². The van der Waals surface area contributed by atoms with Gasteiger partial charge in [0.1, 0.15) is 0 Å². The van der Waals surface area contributed by atoms with Crippen molar-refractivity contribution in [3.63, 3.8) is 0 Å². The Hall–Kier alpha value is -2.37.